The van der Waals surface area contributed by atoms with Crippen molar-refractivity contribution in [3.8, 4) is 0 Å². The highest BCUT2D eigenvalue weighted by Gasteiger charge is 2.36. The molecule has 1 aromatic carbocycles. The largest absolute Gasteiger partial charge is 0.335 e. The molecule has 2 aromatic rings. The van der Waals surface area contributed by atoms with Gasteiger partial charge in [-0.2, -0.15) is 5.10 Å². The fraction of sp³-hybridized carbons (Fsp3) is 0.364. The molecule has 8 heteroatoms. The number of imide groups is 1. The molecule has 3 heterocycles. The molecule has 3 aliphatic rings. The molecule has 1 aliphatic carbocycles. The van der Waals surface area contributed by atoms with Crippen molar-refractivity contribution in [3.63, 3.8) is 0 Å². The van der Waals surface area contributed by atoms with Crippen LogP contribution in [0.2, 0.25) is 0 Å². The van der Waals surface area contributed by atoms with Crippen LogP contribution in [0.15, 0.2) is 42.4 Å². The summed E-state index contributed by atoms with van der Waals surface area (Å²) in [7, 11) is 0. The number of nitrogens with zero attached hydrogens (tertiary/aromatic N) is 4. The normalized spacial score (nSPS) is 19.2. The first-order chi connectivity index (χ1) is 14.6. The van der Waals surface area contributed by atoms with Crippen molar-refractivity contribution in [2.75, 3.05) is 13.1 Å². The molecule has 7 nitrogen and oxygen atoms in total. The van der Waals surface area contributed by atoms with E-state index in [2.05, 4.69) is 5.10 Å². The minimum absolute atomic E-state index is 0.0154. The van der Waals surface area contributed by atoms with Crippen molar-refractivity contribution in [1.82, 2.24) is 19.6 Å². The van der Waals surface area contributed by atoms with Gasteiger partial charge >= 0.3 is 0 Å². The Kier molecular flexibility index (Phi) is 4.49. The standard InChI is InChI=1S/C22H21FN4O3/c23-10-14(12-27-20(28)16-6-1-2-7-17(16)21(27)29)11-25-13-18-19(24-25)8-9-26(22(18)30)15-4-3-5-15/h1-2,6-7,10,13,15H,3-5,8-9,11-12H2/b14-10-. The van der Waals surface area contributed by atoms with E-state index in [0.717, 1.165) is 29.9 Å². The lowest BCUT2D eigenvalue weighted by atomic mass is 9.89. The Hall–Kier alpha value is -3.29. The van der Waals surface area contributed by atoms with Crippen LogP contribution in [-0.2, 0) is 13.0 Å². The Morgan fingerprint density at radius 3 is 2.33 bits per heavy atom. The number of aromatic nitrogens is 2. The molecule has 0 unspecified atom stereocenters. The van der Waals surface area contributed by atoms with Gasteiger partial charge in [0.2, 0.25) is 0 Å². The summed E-state index contributed by atoms with van der Waals surface area (Å²) in [6.07, 6.45) is 5.98. The van der Waals surface area contributed by atoms with Gasteiger partial charge in [0.05, 0.1) is 41.8 Å². The third-order valence-electron chi connectivity index (χ3n) is 6.19. The number of benzene rings is 1. The molecular formula is C22H21FN4O3. The van der Waals surface area contributed by atoms with Gasteiger partial charge in [-0.15, -0.1) is 0 Å². The van der Waals surface area contributed by atoms with Crippen LogP contribution < -0.4 is 0 Å². The molecule has 0 saturated heterocycles. The second-order valence-electron chi connectivity index (χ2n) is 8.03. The van der Waals surface area contributed by atoms with Gasteiger partial charge in [0, 0.05) is 25.2 Å². The molecule has 5 rings (SSSR count). The maximum absolute atomic E-state index is 13.6. The first-order valence-electron chi connectivity index (χ1n) is 10.2. The van der Waals surface area contributed by atoms with Crippen molar-refractivity contribution < 1.29 is 18.8 Å². The zero-order valence-corrected chi connectivity index (χ0v) is 16.4. The molecule has 0 bridgehead atoms. The Bertz CT molecular complexity index is 1050. The van der Waals surface area contributed by atoms with Crippen LogP contribution in [0.4, 0.5) is 4.39 Å². The van der Waals surface area contributed by atoms with Gasteiger partial charge < -0.3 is 4.90 Å². The Morgan fingerprint density at radius 1 is 1.03 bits per heavy atom. The van der Waals surface area contributed by atoms with Crippen LogP contribution in [-0.4, -0.2) is 56.4 Å². The highest BCUT2D eigenvalue weighted by Crippen LogP contribution is 2.30. The Balaban J connectivity index is 1.31. The molecular weight excluding hydrogens is 387 g/mol. The van der Waals surface area contributed by atoms with E-state index >= 15 is 0 Å². The summed E-state index contributed by atoms with van der Waals surface area (Å²) < 4.78 is 15.2. The summed E-state index contributed by atoms with van der Waals surface area (Å²) in [6.45, 7) is 0.567. The van der Waals surface area contributed by atoms with E-state index < -0.39 is 11.8 Å². The van der Waals surface area contributed by atoms with Crippen LogP contribution in [0.25, 0.3) is 0 Å². The molecule has 3 amide bonds. The summed E-state index contributed by atoms with van der Waals surface area (Å²) in [6, 6.07) is 6.89. The van der Waals surface area contributed by atoms with Crippen molar-refractivity contribution >= 4 is 17.7 Å². The van der Waals surface area contributed by atoms with Crippen molar-refractivity contribution in [2.45, 2.75) is 38.3 Å². The van der Waals surface area contributed by atoms with Gasteiger partial charge in [-0.05, 0) is 37.0 Å². The molecule has 0 radical (unpaired) electrons. The fourth-order valence-electron chi connectivity index (χ4n) is 4.35. The van der Waals surface area contributed by atoms with Crippen LogP contribution >= 0.6 is 0 Å². The van der Waals surface area contributed by atoms with Crippen LogP contribution in [0.1, 0.15) is 56.0 Å². The molecule has 30 heavy (non-hydrogen) atoms. The Morgan fingerprint density at radius 2 is 1.73 bits per heavy atom. The fourth-order valence-corrected chi connectivity index (χ4v) is 4.35. The zero-order valence-electron chi connectivity index (χ0n) is 16.4. The smallest absolute Gasteiger partial charge is 0.261 e. The second-order valence-corrected chi connectivity index (χ2v) is 8.03. The van der Waals surface area contributed by atoms with E-state index in [1.54, 1.807) is 30.5 Å². The summed E-state index contributed by atoms with van der Waals surface area (Å²) >= 11 is 0. The number of carbonyl (C=O) groups excluding carboxylic acids is 3. The van der Waals surface area contributed by atoms with Crippen LogP contribution in [0, 0.1) is 0 Å². The monoisotopic (exact) mass is 408 g/mol. The predicted octanol–water partition coefficient (Wildman–Crippen LogP) is 2.58. The van der Waals surface area contributed by atoms with E-state index in [9.17, 15) is 18.8 Å². The van der Waals surface area contributed by atoms with E-state index in [4.69, 9.17) is 0 Å². The summed E-state index contributed by atoms with van der Waals surface area (Å²) in [5, 5.41) is 4.45. The van der Waals surface area contributed by atoms with Gasteiger partial charge in [-0.3, -0.25) is 24.0 Å². The number of amides is 3. The van der Waals surface area contributed by atoms with Crippen molar-refractivity contribution in [2.24, 2.45) is 0 Å². The number of halogens is 1. The molecule has 2 aliphatic heterocycles. The van der Waals surface area contributed by atoms with Gasteiger partial charge in [-0.25, -0.2) is 4.39 Å². The number of fused-ring (bicyclic) bond motifs is 2. The average molecular weight is 408 g/mol. The maximum Gasteiger partial charge on any atom is 0.261 e. The van der Waals surface area contributed by atoms with Crippen LogP contribution in [0.3, 0.4) is 0 Å². The maximum atomic E-state index is 13.6. The van der Waals surface area contributed by atoms with E-state index in [1.165, 1.54) is 4.68 Å². The molecule has 1 aromatic heterocycles. The summed E-state index contributed by atoms with van der Waals surface area (Å²) in [5.74, 6) is -0.875. The molecule has 0 atom stereocenters. The van der Waals surface area contributed by atoms with E-state index in [1.807, 2.05) is 4.90 Å². The summed E-state index contributed by atoms with van der Waals surface area (Å²) in [4.78, 5) is 40.8. The Labute approximate surface area is 172 Å². The van der Waals surface area contributed by atoms with Gasteiger partial charge in [0.1, 0.15) is 0 Å². The third-order valence-corrected chi connectivity index (χ3v) is 6.19. The average Bonchev–Trinajstić information content (AvgIpc) is 3.23. The number of carbonyl (C=O) groups is 3. The minimum atomic E-state index is -0.430. The number of hydrogen-bond acceptors (Lipinski definition) is 4. The predicted molar refractivity (Wildman–Crippen MR) is 106 cm³/mol. The molecule has 1 fully saturated rings. The van der Waals surface area contributed by atoms with E-state index in [-0.39, 0.29) is 24.6 Å². The first-order valence-corrected chi connectivity index (χ1v) is 10.2. The molecule has 0 spiro atoms. The van der Waals surface area contributed by atoms with Crippen molar-refractivity contribution in [3.05, 3.63) is 64.7 Å². The SMILES string of the molecule is O=C1c2ccccc2C(=O)N1C/C(=C\F)Cn1cc2c(n1)CCN(C1CCC1)C2=O. The summed E-state index contributed by atoms with van der Waals surface area (Å²) in [5.41, 5.74) is 2.17. The molecule has 154 valence electrons. The lowest BCUT2D eigenvalue weighted by Crippen LogP contribution is -2.47. The lowest BCUT2D eigenvalue weighted by Gasteiger charge is -2.39. The van der Waals surface area contributed by atoms with E-state index in [0.29, 0.717) is 42.0 Å². The molecule has 0 N–H and O–H groups in total. The number of hydrogen-bond donors (Lipinski definition) is 0. The highest BCUT2D eigenvalue weighted by molar-refractivity contribution is 6.21. The minimum Gasteiger partial charge on any atom is -0.335 e. The third kappa shape index (κ3) is 2.94. The zero-order chi connectivity index (χ0) is 20.8. The first kappa shape index (κ1) is 18.7. The lowest BCUT2D eigenvalue weighted by molar-refractivity contribution is 0.0558. The van der Waals surface area contributed by atoms with Gasteiger partial charge in [0.15, 0.2) is 0 Å². The van der Waals surface area contributed by atoms with Gasteiger partial charge in [-0.1, -0.05) is 12.1 Å². The quantitative estimate of drug-likeness (QED) is 0.713. The van der Waals surface area contributed by atoms with Crippen LogP contribution in [0.5, 0.6) is 0 Å². The molecule has 1 saturated carbocycles. The van der Waals surface area contributed by atoms with Crippen molar-refractivity contribution in [1.29, 1.82) is 0 Å². The second kappa shape index (κ2) is 7.19. The topological polar surface area (TPSA) is 75.5 Å². The van der Waals surface area contributed by atoms with Gasteiger partial charge in [0.25, 0.3) is 17.7 Å². The highest BCUT2D eigenvalue weighted by atomic mass is 19.1. The number of rotatable bonds is 5.